The first-order chi connectivity index (χ1) is 10.6. The van der Waals surface area contributed by atoms with Crippen LogP contribution in [0, 0.1) is 19.9 Å². The van der Waals surface area contributed by atoms with E-state index in [0.717, 1.165) is 42.0 Å². The molecule has 6 heteroatoms. The summed E-state index contributed by atoms with van der Waals surface area (Å²) in [5.74, 6) is -0.775. The van der Waals surface area contributed by atoms with Crippen molar-refractivity contribution < 1.29 is 30.0 Å². The second-order valence-corrected chi connectivity index (χ2v) is 5.12. The van der Waals surface area contributed by atoms with Crippen molar-refractivity contribution in [2.75, 3.05) is 6.54 Å². The van der Waals surface area contributed by atoms with Crippen LogP contribution in [-0.4, -0.2) is 33.6 Å². The van der Waals surface area contributed by atoms with Crippen LogP contribution in [0.25, 0.3) is 16.6 Å². The van der Waals surface area contributed by atoms with Crippen molar-refractivity contribution in [3.05, 3.63) is 53.2 Å². The minimum absolute atomic E-state index is 0. The van der Waals surface area contributed by atoms with Gasteiger partial charge in [0, 0.05) is 37.7 Å². The zero-order chi connectivity index (χ0) is 15.9. The molecule has 1 aromatic heterocycles. The third kappa shape index (κ3) is 5.82. The number of carbonyl (C=O) groups is 1. The Labute approximate surface area is 149 Å². The van der Waals surface area contributed by atoms with E-state index in [-0.39, 0.29) is 20.1 Å². The van der Waals surface area contributed by atoms with E-state index in [1.807, 2.05) is 38.1 Å². The fourth-order valence-electron chi connectivity index (χ4n) is 2.23. The standard InChI is InChI=1S/C12H11N2.C5H8NO2.Ir/c1-9-8-13-12(10(2)14-9)11-6-4-3-5-7-11;7-5(8)4-2-1-3-6-4;/h3-6,8H,1-2H3;4H,1-3H2,(H,7,8);/q2*-1;. The van der Waals surface area contributed by atoms with Gasteiger partial charge in [-0.05, 0) is 19.9 Å². The predicted molar refractivity (Wildman–Crippen MR) is 84.7 cm³/mol. The molecule has 2 aromatic rings. The molecule has 1 radical (unpaired) electrons. The van der Waals surface area contributed by atoms with E-state index in [0.29, 0.717) is 0 Å². The molecule has 0 spiro atoms. The van der Waals surface area contributed by atoms with E-state index in [2.05, 4.69) is 21.4 Å². The number of benzene rings is 1. The first kappa shape index (κ1) is 19.4. The van der Waals surface area contributed by atoms with Gasteiger partial charge >= 0.3 is 0 Å². The minimum Gasteiger partial charge on any atom is -0.650 e. The van der Waals surface area contributed by atoms with Gasteiger partial charge in [-0.25, -0.2) is 0 Å². The fraction of sp³-hybridized carbons (Fsp3) is 0.353. The van der Waals surface area contributed by atoms with E-state index < -0.39 is 12.0 Å². The largest absolute Gasteiger partial charge is 0.650 e. The Kier molecular flexibility index (Phi) is 8.03. The van der Waals surface area contributed by atoms with E-state index in [9.17, 15) is 4.79 Å². The smallest absolute Gasteiger partial charge is 0.285 e. The zero-order valence-corrected chi connectivity index (χ0v) is 15.5. The van der Waals surface area contributed by atoms with Gasteiger partial charge in [-0.15, -0.1) is 42.4 Å². The first-order valence-electron chi connectivity index (χ1n) is 7.24. The summed E-state index contributed by atoms with van der Waals surface area (Å²) in [7, 11) is 0. The fourth-order valence-corrected chi connectivity index (χ4v) is 2.23. The molecule has 0 aliphatic carbocycles. The molecule has 1 aliphatic rings. The molecular formula is C17H19IrN3O2-2. The Morgan fingerprint density at radius 2 is 2.17 bits per heavy atom. The summed E-state index contributed by atoms with van der Waals surface area (Å²) in [6.07, 6.45) is 3.45. The molecule has 2 heterocycles. The minimum atomic E-state index is -0.775. The van der Waals surface area contributed by atoms with Crippen molar-refractivity contribution in [2.24, 2.45) is 0 Å². The third-order valence-electron chi connectivity index (χ3n) is 3.30. The van der Waals surface area contributed by atoms with Gasteiger partial charge in [0.05, 0.1) is 5.69 Å². The average molecular weight is 490 g/mol. The monoisotopic (exact) mass is 490 g/mol. The summed E-state index contributed by atoms with van der Waals surface area (Å²) >= 11 is 0. The summed E-state index contributed by atoms with van der Waals surface area (Å²) in [4.78, 5) is 18.8. The molecule has 5 nitrogen and oxygen atoms in total. The van der Waals surface area contributed by atoms with Crippen molar-refractivity contribution in [3.63, 3.8) is 0 Å². The van der Waals surface area contributed by atoms with Crippen LogP contribution in [0.4, 0.5) is 0 Å². The van der Waals surface area contributed by atoms with Crippen LogP contribution in [0.15, 0.2) is 30.5 Å². The molecule has 23 heavy (non-hydrogen) atoms. The van der Waals surface area contributed by atoms with Crippen LogP contribution in [0.3, 0.4) is 0 Å². The van der Waals surface area contributed by atoms with Crippen LogP contribution in [0.1, 0.15) is 24.2 Å². The first-order valence-corrected chi connectivity index (χ1v) is 7.24. The molecule has 1 saturated heterocycles. The van der Waals surface area contributed by atoms with E-state index in [1.54, 1.807) is 6.20 Å². The van der Waals surface area contributed by atoms with Gasteiger partial charge in [0.25, 0.3) is 5.97 Å². The second kappa shape index (κ2) is 9.50. The summed E-state index contributed by atoms with van der Waals surface area (Å²) in [6.45, 7) is 4.64. The number of nitrogens with zero attached hydrogens (tertiary/aromatic N) is 3. The quantitative estimate of drug-likeness (QED) is 0.658. The van der Waals surface area contributed by atoms with Crippen molar-refractivity contribution in [1.82, 2.24) is 9.97 Å². The number of carboxylic acid groups (broad SMARTS) is 1. The van der Waals surface area contributed by atoms with Crippen molar-refractivity contribution in [2.45, 2.75) is 32.7 Å². The number of aryl methyl sites for hydroxylation is 2. The Hall–Kier alpha value is -1.62. The van der Waals surface area contributed by atoms with Crippen LogP contribution >= 0.6 is 0 Å². The molecule has 0 bridgehead atoms. The number of carboxylic acids is 1. The maximum atomic E-state index is 10.1. The van der Waals surface area contributed by atoms with Crippen molar-refractivity contribution in [3.8, 4) is 11.3 Å². The number of rotatable bonds is 2. The van der Waals surface area contributed by atoms with E-state index in [1.165, 1.54) is 0 Å². The van der Waals surface area contributed by atoms with E-state index in [4.69, 9.17) is 5.11 Å². The van der Waals surface area contributed by atoms with Crippen LogP contribution in [0.2, 0.25) is 0 Å². The Balaban J connectivity index is 0.000000253. The molecule has 1 aromatic carbocycles. The number of aliphatic carboxylic acids is 1. The number of hydrogen-bond acceptors (Lipinski definition) is 3. The summed E-state index contributed by atoms with van der Waals surface area (Å²) < 4.78 is 0. The normalized spacial score (nSPS) is 16.0. The maximum Gasteiger partial charge on any atom is 0.285 e. The van der Waals surface area contributed by atoms with Gasteiger partial charge in [-0.2, -0.15) is 0 Å². The van der Waals surface area contributed by atoms with Crippen LogP contribution in [0.5, 0.6) is 0 Å². The number of aromatic nitrogens is 2. The zero-order valence-electron chi connectivity index (χ0n) is 13.1. The number of hydrogen-bond donors (Lipinski definition) is 1. The van der Waals surface area contributed by atoms with Gasteiger partial charge in [-0.3, -0.25) is 9.78 Å². The van der Waals surface area contributed by atoms with Crippen molar-refractivity contribution in [1.29, 1.82) is 0 Å². The van der Waals surface area contributed by atoms with Crippen molar-refractivity contribution >= 4 is 5.97 Å². The van der Waals surface area contributed by atoms with Gasteiger partial charge in [0.2, 0.25) is 0 Å². The third-order valence-corrected chi connectivity index (χ3v) is 3.30. The van der Waals surface area contributed by atoms with Gasteiger partial charge in [0.15, 0.2) is 0 Å². The molecular weight excluding hydrogens is 470 g/mol. The molecule has 1 atom stereocenters. The average Bonchev–Trinajstić information content (AvgIpc) is 3.03. The Morgan fingerprint density at radius 1 is 1.39 bits per heavy atom. The molecule has 1 N–H and O–H groups in total. The maximum absolute atomic E-state index is 10.1. The molecule has 0 saturated carbocycles. The van der Waals surface area contributed by atoms with Crippen LogP contribution < -0.4 is 0 Å². The molecule has 125 valence electrons. The Morgan fingerprint density at radius 3 is 2.65 bits per heavy atom. The van der Waals surface area contributed by atoms with E-state index >= 15 is 0 Å². The predicted octanol–water partition coefficient (Wildman–Crippen LogP) is 3.17. The Bertz CT molecular complexity index is 629. The summed E-state index contributed by atoms with van der Waals surface area (Å²) in [5, 5.41) is 12.2. The van der Waals surface area contributed by atoms with Crippen LogP contribution in [-0.2, 0) is 24.9 Å². The van der Waals surface area contributed by atoms with Gasteiger partial charge in [0.1, 0.15) is 0 Å². The SMILES string of the molecule is Cc1cnc(-c2[c-]cccc2)c(C)n1.O=C(O)C1CCC[N-]1.[Ir]. The topological polar surface area (TPSA) is 77.2 Å². The summed E-state index contributed by atoms with van der Waals surface area (Å²) in [5.41, 5.74) is 3.81. The second-order valence-electron chi connectivity index (χ2n) is 5.12. The molecule has 1 fully saturated rings. The molecule has 0 amide bonds. The molecule has 1 aliphatic heterocycles. The molecule has 3 rings (SSSR count). The molecule has 1 unspecified atom stereocenters. The van der Waals surface area contributed by atoms with Gasteiger partial charge < -0.3 is 15.4 Å². The van der Waals surface area contributed by atoms with Gasteiger partial charge in [-0.1, -0.05) is 12.8 Å². The summed E-state index contributed by atoms with van der Waals surface area (Å²) in [6, 6.07) is 10.6.